The van der Waals surface area contributed by atoms with Gasteiger partial charge in [0, 0.05) is 4.88 Å². The largest absolute Gasteiger partial charge is 0.472 e. The molecular formula is C10H9NO2S. The molecule has 0 aliphatic carbocycles. The molecule has 3 nitrogen and oxygen atoms in total. The van der Waals surface area contributed by atoms with E-state index < -0.39 is 6.04 Å². The SMILES string of the molecule is NC(C(=O)c1ccoc1)c1cccs1. The summed E-state index contributed by atoms with van der Waals surface area (Å²) in [5.41, 5.74) is 6.31. The van der Waals surface area contributed by atoms with Gasteiger partial charge in [0.25, 0.3) is 0 Å². The van der Waals surface area contributed by atoms with Crippen LogP contribution < -0.4 is 5.73 Å². The second kappa shape index (κ2) is 3.77. The van der Waals surface area contributed by atoms with E-state index in [1.165, 1.54) is 23.9 Å². The van der Waals surface area contributed by atoms with Gasteiger partial charge in [0.1, 0.15) is 12.3 Å². The Morgan fingerprint density at radius 1 is 1.50 bits per heavy atom. The van der Waals surface area contributed by atoms with Crippen LogP contribution in [0.25, 0.3) is 0 Å². The number of thiophene rings is 1. The molecule has 1 atom stereocenters. The first-order chi connectivity index (χ1) is 6.79. The second-order valence-electron chi connectivity index (χ2n) is 2.87. The molecular weight excluding hydrogens is 198 g/mol. The summed E-state index contributed by atoms with van der Waals surface area (Å²) in [7, 11) is 0. The number of Topliss-reactive ketones (excluding diaryl/α,β-unsaturated/α-hetero) is 1. The van der Waals surface area contributed by atoms with Gasteiger partial charge in [-0.1, -0.05) is 6.07 Å². The molecule has 0 saturated heterocycles. The van der Waals surface area contributed by atoms with Crippen LogP contribution in [-0.2, 0) is 0 Å². The van der Waals surface area contributed by atoms with Gasteiger partial charge in [-0.25, -0.2) is 0 Å². The highest BCUT2D eigenvalue weighted by Crippen LogP contribution is 2.20. The molecule has 4 heteroatoms. The molecule has 0 aliphatic rings. The molecule has 0 aromatic carbocycles. The zero-order chi connectivity index (χ0) is 9.97. The molecule has 0 amide bonds. The van der Waals surface area contributed by atoms with Crippen molar-refractivity contribution in [3.63, 3.8) is 0 Å². The molecule has 0 saturated carbocycles. The van der Waals surface area contributed by atoms with E-state index in [0.29, 0.717) is 5.56 Å². The lowest BCUT2D eigenvalue weighted by molar-refractivity contribution is 0.0962. The first kappa shape index (κ1) is 9.18. The standard InChI is InChI=1S/C10H9NO2S/c11-9(8-2-1-5-14-8)10(12)7-3-4-13-6-7/h1-6,9H,11H2. The summed E-state index contributed by atoms with van der Waals surface area (Å²) in [5, 5.41) is 1.90. The Morgan fingerprint density at radius 2 is 2.36 bits per heavy atom. The molecule has 0 radical (unpaired) electrons. The Labute approximate surface area is 85.2 Å². The van der Waals surface area contributed by atoms with E-state index in [9.17, 15) is 4.79 Å². The first-order valence-electron chi connectivity index (χ1n) is 4.14. The van der Waals surface area contributed by atoms with Crippen LogP contribution >= 0.6 is 11.3 Å². The minimum Gasteiger partial charge on any atom is -0.472 e. The average Bonchev–Trinajstić information content (AvgIpc) is 2.87. The maximum atomic E-state index is 11.7. The smallest absolute Gasteiger partial charge is 0.188 e. The van der Waals surface area contributed by atoms with Crippen molar-refractivity contribution in [3.05, 3.63) is 46.5 Å². The van der Waals surface area contributed by atoms with Gasteiger partial charge in [-0.3, -0.25) is 4.79 Å². The topological polar surface area (TPSA) is 56.2 Å². The maximum Gasteiger partial charge on any atom is 0.188 e. The van der Waals surface area contributed by atoms with E-state index in [4.69, 9.17) is 10.2 Å². The summed E-state index contributed by atoms with van der Waals surface area (Å²) in [5.74, 6) is -0.110. The monoisotopic (exact) mass is 207 g/mol. The van der Waals surface area contributed by atoms with Crippen molar-refractivity contribution >= 4 is 17.1 Å². The summed E-state index contributed by atoms with van der Waals surface area (Å²) >= 11 is 1.48. The summed E-state index contributed by atoms with van der Waals surface area (Å²) < 4.78 is 4.83. The number of carbonyl (C=O) groups is 1. The Hall–Kier alpha value is -1.39. The Bertz CT molecular complexity index is 405. The third-order valence-corrected chi connectivity index (χ3v) is 2.89. The number of ketones is 1. The highest BCUT2D eigenvalue weighted by Gasteiger charge is 2.18. The van der Waals surface area contributed by atoms with Crippen LogP contribution in [0.1, 0.15) is 21.3 Å². The average molecular weight is 207 g/mol. The number of rotatable bonds is 3. The van der Waals surface area contributed by atoms with Gasteiger partial charge < -0.3 is 10.2 Å². The third kappa shape index (κ3) is 1.62. The van der Waals surface area contributed by atoms with E-state index in [0.717, 1.165) is 4.88 Å². The third-order valence-electron chi connectivity index (χ3n) is 1.94. The highest BCUT2D eigenvalue weighted by atomic mass is 32.1. The van der Waals surface area contributed by atoms with Crippen molar-refractivity contribution in [2.75, 3.05) is 0 Å². The molecule has 0 fully saturated rings. The predicted octanol–water partition coefficient (Wildman–Crippen LogP) is 2.22. The summed E-state index contributed by atoms with van der Waals surface area (Å²) in [6.45, 7) is 0. The van der Waals surface area contributed by atoms with E-state index >= 15 is 0 Å². The van der Waals surface area contributed by atoms with Crippen LogP contribution in [0.4, 0.5) is 0 Å². The van der Waals surface area contributed by atoms with Gasteiger partial charge in [-0.15, -0.1) is 11.3 Å². The first-order valence-corrected chi connectivity index (χ1v) is 5.02. The van der Waals surface area contributed by atoms with Gasteiger partial charge in [0.05, 0.1) is 11.8 Å². The van der Waals surface area contributed by atoms with Gasteiger partial charge in [0.15, 0.2) is 5.78 Å². The Morgan fingerprint density at radius 3 is 2.93 bits per heavy atom. The van der Waals surface area contributed by atoms with Gasteiger partial charge in [-0.2, -0.15) is 0 Å². The van der Waals surface area contributed by atoms with E-state index in [1.54, 1.807) is 6.07 Å². The maximum absolute atomic E-state index is 11.7. The zero-order valence-corrected chi connectivity index (χ0v) is 8.16. The summed E-state index contributed by atoms with van der Waals surface area (Å²) in [4.78, 5) is 12.6. The highest BCUT2D eigenvalue weighted by molar-refractivity contribution is 7.10. The molecule has 0 bridgehead atoms. The lowest BCUT2D eigenvalue weighted by Gasteiger charge is -2.05. The lowest BCUT2D eigenvalue weighted by atomic mass is 10.1. The number of carbonyl (C=O) groups excluding carboxylic acids is 1. The fourth-order valence-corrected chi connectivity index (χ4v) is 1.91. The molecule has 2 rings (SSSR count). The predicted molar refractivity (Wildman–Crippen MR) is 54.3 cm³/mol. The van der Waals surface area contributed by atoms with Crippen molar-refractivity contribution in [1.82, 2.24) is 0 Å². The van der Waals surface area contributed by atoms with E-state index in [1.807, 2.05) is 17.5 Å². The van der Waals surface area contributed by atoms with Crippen LogP contribution in [0, 0.1) is 0 Å². The molecule has 2 aromatic rings. The molecule has 0 spiro atoms. The molecule has 2 heterocycles. The fraction of sp³-hybridized carbons (Fsp3) is 0.100. The van der Waals surface area contributed by atoms with Crippen LogP contribution in [0.3, 0.4) is 0 Å². The Balaban J connectivity index is 2.21. The number of furan rings is 1. The summed E-state index contributed by atoms with van der Waals surface area (Å²) in [6, 6.07) is 4.78. The second-order valence-corrected chi connectivity index (χ2v) is 3.85. The molecule has 2 aromatic heterocycles. The fourth-order valence-electron chi connectivity index (χ4n) is 1.18. The summed E-state index contributed by atoms with van der Waals surface area (Å²) in [6.07, 6.45) is 2.88. The quantitative estimate of drug-likeness (QED) is 0.785. The molecule has 72 valence electrons. The minimum absolute atomic E-state index is 0.110. The van der Waals surface area contributed by atoms with Crippen molar-refractivity contribution in [2.45, 2.75) is 6.04 Å². The zero-order valence-electron chi connectivity index (χ0n) is 7.34. The van der Waals surface area contributed by atoms with Gasteiger partial charge in [-0.05, 0) is 17.5 Å². The van der Waals surface area contributed by atoms with Crippen molar-refractivity contribution in [2.24, 2.45) is 5.73 Å². The normalized spacial score (nSPS) is 12.6. The van der Waals surface area contributed by atoms with Crippen molar-refractivity contribution in [3.8, 4) is 0 Å². The van der Waals surface area contributed by atoms with Crippen molar-refractivity contribution < 1.29 is 9.21 Å². The molecule has 14 heavy (non-hydrogen) atoms. The minimum atomic E-state index is -0.576. The number of nitrogens with two attached hydrogens (primary N) is 1. The molecule has 0 aliphatic heterocycles. The molecule has 2 N–H and O–H groups in total. The van der Waals surface area contributed by atoms with Gasteiger partial charge in [0.2, 0.25) is 0 Å². The van der Waals surface area contributed by atoms with Crippen LogP contribution in [-0.4, -0.2) is 5.78 Å². The van der Waals surface area contributed by atoms with Crippen LogP contribution in [0.5, 0.6) is 0 Å². The van der Waals surface area contributed by atoms with E-state index in [2.05, 4.69) is 0 Å². The van der Waals surface area contributed by atoms with Crippen molar-refractivity contribution in [1.29, 1.82) is 0 Å². The molecule has 1 unspecified atom stereocenters. The van der Waals surface area contributed by atoms with Crippen LogP contribution in [0.15, 0.2) is 40.5 Å². The number of hydrogen-bond acceptors (Lipinski definition) is 4. The van der Waals surface area contributed by atoms with Crippen LogP contribution in [0.2, 0.25) is 0 Å². The number of hydrogen-bond donors (Lipinski definition) is 1. The lowest BCUT2D eigenvalue weighted by Crippen LogP contribution is -2.19. The van der Waals surface area contributed by atoms with Gasteiger partial charge >= 0.3 is 0 Å². The Kier molecular flexibility index (Phi) is 2.47. The van der Waals surface area contributed by atoms with E-state index in [-0.39, 0.29) is 5.78 Å².